The summed E-state index contributed by atoms with van der Waals surface area (Å²) in [6.45, 7) is 3.18. The van der Waals surface area contributed by atoms with Gasteiger partial charge in [-0.15, -0.1) is 0 Å². The molecule has 0 radical (unpaired) electrons. The quantitative estimate of drug-likeness (QED) is 0.397. The Kier molecular flexibility index (Phi) is 4.29. The van der Waals surface area contributed by atoms with Crippen LogP contribution in [-0.4, -0.2) is 11.7 Å². The molecule has 1 aliphatic rings. The Morgan fingerprint density at radius 3 is 2.80 bits per heavy atom. The Morgan fingerprint density at radius 2 is 2.20 bits per heavy atom. The number of carbonyl (C=O) groups excluding carboxylic acids is 1. The van der Waals surface area contributed by atoms with E-state index >= 15 is 0 Å². The molecule has 0 spiro atoms. The summed E-state index contributed by atoms with van der Waals surface area (Å²) in [5, 5.41) is 12.6. The van der Waals surface area contributed by atoms with Crippen molar-refractivity contribution < 1.29 is 9.63 Å². The van der Waals surface area contributed by atoms with Crippen LogP contribution in [0.2, 0.25) is 0 Å². The van der Waals surface area contributed by atoms with Crippen LogP contribution in [0.3, 0.4) is 0 Å². The van der Waals surface area contributed by atoms with E-state index in [0.717, 1.165) is 31.4 Å². The van der Waals surface area contributed by atoms with Gasteiger partial charge in [-0.3, -0.25) is 0 Å². The number of oxime groups is 1. The smallest absolute Gasteiger partial charge is 0.319 e. The first kappa shape index (κ1) is 11.7. The summed E-state index contributed by atoms with van der Waals surface area (Å²) in [5.74, 6) is 0.0240. The maximum atomic E-state index is 10.6. The zero-order chi connectivity index (χ0) is 11.3. The fourth-order valence-electron chi connectivity index (χ4n) is 1.90. The molecule has 1 aliphatic carbocycles. The molecule has 4 nitrogen and oxygen atoms in total. The maximum absolute atomic E-state index is 10.6. The summed E-state index contributed by atoms with van der Waals surface area (Å²) in [4.78, 5) is 15.2. The monoisotopic (exact) mass is 208 g/mol. The molecule has 82 valence electrons. The highest BCUT2D eigenvalue weighted by atomic mass is 16.7. The zero-order valence-corrected chi connectivity index (χ0v) is 9.19. The van der Waals surface area contributed by atoms with Gasteiger partial charge in [0.05, 0.1) is 11.8 Å². The average Bonchev–Trinajstić information content (AvgIpc) is 2.26. The summed E-state index contributed by atoms with van der Waals surface area (Å²) in [5.41, 5.74) is 0.824. The SMILES string of the molecule is CC(=O)O/N=C(\C)C1CCCC(C#N)C1. The second-order valence-corrected chi connectivity index (χ2v) is 4.01. The number of nitrogens with zero attached hydrogens (tertiary/aromatic N) is 2. The van der Waals surface area contributed by atoms with E-state index in [1.54, 1.807) is 0 Å². The standard InChI is InChI=1S/C11H16N2O2/c1-8(13-15-9(2)14)11-5-3-4-10(6-11)7-12/h10-11H,3-6H2,1-2H3/b13-8+. The summed E-state index contributed by atoms with van der Waals surface area (Å²) >= 11 is 0. The lowest BCUT2D eigenvalue weighted by atomic mass is 9.80. The van der Waals surface area contributed by atoms with Gasteiger partial charge in [-0.1, -0.05) is 11.6 Å². The van der Waals surface area contributed by atoms with Gasteiger partial charge < -0.3 is 4.84 Å². The highest BCUT2D eigenvalue weighted by Gasteiger charge is 2.24. The molecule has 0 aliphatic heterocycles. The summed E-state index contributed by atoms with van der Waals surface area (Å²) in [6, 6.07) is 2.29. The number of carbonyl (C=O) groups is 1. The van der Waals surface area contributed by atoms with Gasteiger partial charge in [-0.05, 0) is 26.2 Å². The Morgan fingerprint density at radius 1 is 1.47 bits per heavy atom. The molecule has 4 heteroatoms. The highest BCUT2D eigenvalue weighted by molar-refractivity contribution is 5.84. The first-order valence-electron chi connectivity index (χ1n) is 5.25. The number of rotatable bonds is 2. The Bertz CT molecular complexity index is 304. The van der Waals surface area contributed by atoms with Gasteiger partial charge >= 0.3 is 5.97 Å². The Balaban J connectivity index is 2.52. The van der Waals surface area contributed by atoms with Crippen LogP contribution in [0, 0.1) is 23.2 Å². The molecule has 0 bridgehead atoms. The average molecular weight is 208 g/mol. The minimum atomic E-state index is -0.401. The molecule has 2 unspecified atom stereocenters. The molecule has 0 saturated heterocycles. The van der Waals surface area contributed by atoms with E-state index in [-0.39, 0.29) is 5.92 Å². The van der Waals surface area contributed by atoms with Crippen molar-refractivity contribution in [3.05, 3.63) is 0 Å². The third-order valence-corrected chi connectivity index (χ3v) is 2.77. The molecule has 0 N–H and O–H groups in total. The third-order valence-electron chi connectivity index (χ3n) is 2.77. The molecule has 0 aromatic rings. The lowest BCUT2D eigenvalue weighted by molar-refractivity contribution is -0.141. The Labute approximate surface area is 89.9 Å². The second-order valence-electron chi connectivity index (χ2n) is 4.01. The van der Waals surface area contributed by atoms with Crippen LogP contribution in [-0.2, 0) is 9.63 Å². The normalized spacial score (nSPS) is 26.9. The van der Waals surface area contributed by atoms with Crippen molar-refractivity contribution >= 4 is 11.7 Å². The van der Waals surface area contributed by atoms with Crippen molar-refractivity contribution in [3.63, 3.8) is 0 Å². The molecule has 0 aromatic carbocycles. The van der Waals surface area contributed by atoms with Crippen molar-refractivity contribution in [1.29, 1.82) is 5.26 Å². The molecule has 0 aromatic heterocycles. The van der Waals surface area contributed by atoms with Crippen LogP contribution in [0.15, 0.2) is 5.16 Å². The lowest BCUT2D eigenvalue weighted by Crippen LogP contribution is -2.20. The van der Waals surface area contributed by atoms with E-state index < -0.39 is 5.97 Å². The van der Waals surface area contributed by atoms with Crippen LogP contribution in [0.4, 0.5) is 0 Å². The van der Waals surface area contributed by atoms with Crippen molar-refractivity contribution in [2.75, 3.05) is 0 Å². The maximum Gasteiger partial charge on any atom is 0.331 e. The van der Waals surface area contributed by atoms with Crippen LogP contribution in [0.25, 0.3) is 0 Å². The topological polar surface area (TPSA) is 62.4 Å². The fourth-order valence-corrected chi connectivity index (χ4v) is 1.90. The van der Waals surface area contributed by atoms with Gasteiger partial charge in [0.25, 0.3) is 0 Å². The van der Waals surface area contributed by atoms with Crippen molar-refractivity contribution in [1.82, 2.24) is 0 Å². The molecule has 0 amide bonds. The van der Waals surface area contributed by atoms with E-state index in [4.69, 9.17) is 5.26 Å². The van der Waals surface area contributed by atoms with E-state index in [1.807, 2.05) is 6.92 Å². The summed E-state index contributed by atoms with van der Waals surface area (Å²) in [7, 11) is 0. The van der Waals surface area contributed by atoms with Crippen LogP contribution >= 0.6 is 0 Å². The predicted octanol–water partition coefficient (Wildman–Crippen LogP) is 2.26. The molecule has 1 fully saturated rings. The van der Waals surface area contributed by atoms with Crippen molar-refractivity contribution in [2.45, 2.75) is 39.5 Å². The van der Waals surface area contributed by atoms with E-state index in [2.05, 4.69) is 16.1 Å². The number of nitriles is 1. The first-order valence-corrected chi connectivity index (χ1v) is 5.25. The first-order chi connectivity index (χ1) is 7.13. The second kappa shape index (κ2) is 5.50. The van der Waals surface area contributed by atoms with Crippen LogP contribution < -0.4 is 0 Å². The van der Waals surface area contributed by atoms with Crippen LogP contribution in [0.5, 0.6) is 0 Å². The van der Waals surface area contributed by atoms with Gasteiger partial charge in [0.2, 0.25) is 0 Å². The minimum absolute atomic E-state index is 0.131. The van der Waals surface area contributed by atoms with Crippen molar-refractivity contribution in [2.24, 2.45) is 17.0 Å². The fraction of sp³-hybridized carbons (Fsp3) is 0.727. The molecule has 15 heavy (non-hydrogen) atoms. The van der Waals surface area contributed by atoms with Gasteiger partial charge in [-0.25, -0.2) is 4.79 Å². The van der Waals surface area contributed by atoms with Gasteiger partial charge in [0.15, 0.2) is 0 Å². The molecule has 1 saturated carbocycles. The summed E-state index contributed by atoms with van der Waals surface area (Å²) in [6.07, 6.45) is 3.91. The van der Waals surface area contributed by atoms with Crippen molar-refractivity contribution in [3.8, 4) is 6.07 Å². The number of hydrogen-bond donors (Lipinski definition) is 0. The lowest BCUT2D eigenvalue weighted by Gasteiger charge is -2.24. The molecule has 0 heterocycles. The van der Waals surface area contributed by atoms with Crippen LogP contribution in [0.1, 0.15) is 39.5 Å². The van der Waals surface area contributed by atoms with E-state index in [1.165, 1.54) is 6.92 Å². The third kappa shape index (κ3) is 3.70. The minimum Gasteiger partial charge on any atom is -0.319 e. The zero-order valence-electron chi connectivity index (χ0n) is 9.19. The number of hydrogen-bond acceptors (Lipinski definition) is 4. The highest BCUT2D eigenvalue weighted by Crippen LogP contribution is 2.29. The molecular weight excluding hydrogens is 192 g/mol. The van der Waals surface area contributed by atoms with Gasteiger partial charge in [-0.2, -0.15) is 5.26 Å². The summed E-state index contributed by atoms with van der Waals surface area (Å²) < 4.78 is 0. The van der Waals surface area contributed by atoms with E-state index in [0.29, 0.717) is 5.92 Å². The Hall–Kier alpha value is -1.37. The predicted molar refractivity (Wildman–Crippen MR) is 55.9 cm³/mol. The largest absolute Gasteiger partial charge is 0.331 e. The molecular formula is C11H16N2O2. The van der Waals surface area contributed by atoms with Gasteiger partial charge in [0, 0.05) is 18.8 Å². The van der Waals surface area contributed by atoms with Gasteiger partial charge in [0.1, 0.15) is 0 Å². The van der Waals surface area contributed by atoms with E-state index in [9.17, 15) is 4.79 Å². The molecule has 1 rings (SSSR count). The molecule has 2 atom stereocenters.